The molecule has 0 bridgehead atoms. The number of carbonyl (C=O) groups excluding carboxylic acids is 1. The van der Waals surface area contributed by atoms with Crippen molar-refractivity contribution in [1.82, 2.24) is 4.90 Å². The molecular formula is C16H23NO3. The van der Waals surface area contributed by atoms with E-state index in [0.29, 0.717) is 13.0 Å². The maximum absolute atomic E-state index is 11.9. The summed E-state index contributed by atoms with van der Waals surface area (Å²) in [6.07, 6.45) is 4.89. The number of piperidine rings is 1. The smallest absolute Gasteiger partial charge is 0.222 e. The second-order valence-electron chi connectivity index (χ2n) is 5.07. The Hall–Kier alpha value is -1.71. The lowest BCUT2D eigenvalue weighted by molar-refractivity contribution is -0.132. The van der Waals surface area contributed by atoms with E-state index in [9.17, 15) is 4.79 Å². The molecule has 0 spiro atoms. The summed E-state index contributed by atoms with van der Waals surface area (Å²) < 4.78 is 10.7. The third-order valence-electron chi connectivity index (χ3n) is 3.57. The molecule has 4 heteroatoms. The van der Waals surface area contributed by atoms with Crippen molar-refractivity contribution in [3.05, 3.63) is 24.3 Å². The lowest BCUT2D eigenvalue weighted by Gasteiger charge is -2.26. The average molecular weight is 277 g/mol. The number of hydrogen-bond acceptors (Lipinski definition) is 3. The van der Waals surface area contributed by atoms with Gasteiger partial charge in [0, 0.05) is 19.5 Å². The molecule has 1 aromatic carbocycles. The van der Waals surface area contributed by atoms with Crippen LogP contribution in [0.15, 0.2) is 24.3 Å². The number of rotatable bonds is 6. The van der Waals surface area contributed by atoms with E-state index >= 15 is 0 Å². The van der Waals surface area contributed by atoms with E-state index in [-0.39, 0.29) is 5.91 Å². The van der Waals surface area contributed by atoms with E-state index in [1.807, 2.05) is 29.2 Å². The van der Waals surface area contributed by atoms with E-state index in [1.54, 1.807) is 7.11 Å². The minimum atomic E-state index is 0.267. The van der Waals surface area contributed by atoms with Gasteiger partial charge in [-0.1, -0.05) is 0 Å². The van der Waals surface area contributed by atoms with Gasteiger partial charge < -0.3 is 14.4 Å². The zero-order valence-corrected chi connectivity index (χ0v) is 12.1. The Kier molecular flexibility index (Phi) is 5.71. The molecule has 1 heterocycles. The monoisotopic (exact) mass is 277 g/mol. The summed E-state index contributed by atoms with van der Waals surface area (Å²) in [5.41, 5.74) is 0. The number of amides is 1. The van der Waals surface area contributed by atoms with Gasteiger partial charge in [-0.25, -0.2) is 0 Å². The Balaban J connectivity index is 1.64. The molecule has 2 rings (SSSR count). The maximum Gasteiger partial charge on any atom is 0.222 e. The van der Waals surface area contributed by atoms with E-state index in [4.69, 9.17) is 9.47 Å². The third-order valence-corrected chi connectivity index (χ3v) is 3.57. The van der Waals surface area contributed by atoms with Gasteiger partial charge in [-0.05, 0) is 49.9 Å². The van der Waals surface area contributed by atoms with Gasteiger partial charge in [0.15, 0.2) is 0 Å². The lowest BCUT2D eigenvalue weighted by atomic mass is 10.1. The van der Waals surface area contributed by atoms with Crippen molar-refractivity contribution in [1.29, 1.82) is 0 Å². The molecule has 1 fully saturated rings. The van der Waals surface area contributed by atoms with Crippen molar-refractivity contribution in [2.24, 2.45) is 0 Å². The molecule has 1 saturated heterocycles. The van der Waals surface area contributed by atoms with Gasteiger partial charge in [0.1, 0.15) is 11.5 Å². The summed E-state index contributed by atoms with van der Waals surface area (Å²) in [6, 6.07) is 7.50. The molecule has 0 atom stereocenters. The van der Waals surface area contributed by atoms with Crippen LogP contribution in [-0.2, 0) is 4.79 Å². The molecule has 4 nitrogen and oxygen atoms in total. The number of methoxy groups -OCH3 is 1. The van der Waals surface area contributed by atoms with Crippen LogP contribution in [0.2, 0.25) is 0 Å². The highest BCUT2D eigenvalue weighted by Crippen LogP contribution is 2.17. The molecule has 0 unspecified atom stereocenters. The lowest BCUT2D eigenvalue weighted by Crippen LogP contribution is -2.35. The van der Waals surface area contributed by atoms with Gasteiger partial charge in [0.05, 0.1) is 13.7 Å². The van der Waals surface area contributed by atoms with Crippen molar-refractivity contribution < 1.29 is 14.3 Å². The van der Waals surface area contributed by atoms with Gasteiger partial charge >= 0.3 is 0 Å². The predicted octanol–water partition coefficient (Wildman–Crippen LogP) is 2.87. The zero-order chi connectivity index (χ0) is 14.2. The highest BCUT2D eigenvalue weighted by Gasteiger charge is 2.15. The third kappa shape index (κ3) is 4.44. The fourth-order valence-corrected chi connectivity index (χ4v) is 2.39. The number of likely N-dealkylation sites (tertiary alicyclic amines) is 1. The van der Waals surface area contributed by atoms with Crippen LogP contribution in [0.4, 0.5) is 0 Å². The quantitative estimate of drug-likeness (QED) is 0.751. The van der Waals surface area contributed by atoms with Crippen LogP contribution in [0.1, 0.15) is 32.1 Å². The highest BCUT2D eigenvalue weighted by molar-refractivity contribution is 5.76. The molecule has 110 valence electrons. The molecule has 0 aliphatic carbocycles. The minimum Gasteiger partial charge on any atom is -0.497 e. The molecule has 0 saturated carbocycles. The second-order valence-corrected chi connectivity index (χ2v) is 5.07. The van der Waals surface area contributed by atoms with Gasteiger partial charge in [-0.3, -0.25) is 4.79 Å². The first kappa shape index (κ1) is 14.7. The molecule has 0 N–H and O–H groups in total. The Morgan fingerprint density at radius 3 is 2.40 bits per heavy atom. The van der Waals surface area contributed by atoms with Crippen LogP contribution in [0.5, 0.6) is 11.5 Å². The number of ether oxygens (including phenoxy) is 2. The molecule has 20 heavy (non-hydrogen) atoms. The molecule has 1 aromatic rings. The zero-order valence-electron chi connectivity index (χ0n) is 12.1. The SMILES string of the molecule is COc1ccc(OCCCC(=O)N2CCCCC2)cc1. The summed E-state index contributed by atoms with van der Waals surface area (Å²) >= 11 is 0. The second kappa shape index (κ2) is 7.78. The standard InChI is InChI=1S/C16H23NO3/c1-19-14-7-9-15(10-8-14)20-13-5-6-16(18)17-11-3-2-4-12-17/h7-10H,2-6,11-13H2,1H3. The number of nitrogens with zero attached hydrogens (tertiary/aromatic N) is 1. The first-order valence-electron chi connectivity index (χ1n) is 7.34. The van der Waals surface area contributed by atoms with E-state index < -0.39 is 0 Å². The number of carbonyl (C=O) groups is 1. The van der Waals surface area contributed by atoms with Gasteiger partial charge in [0.2, 0.25) is 5.91 Å². The highest BCUT2D eigenvalue weighted by atomic mass is 16.5. The van der Waals surface area contributed by atoms with Crippen molar-refractivity contribution in [2.75, 3.05) is 26.8 Å². The molecule has 0 aromatic heterocycles. The van der Waals surface area contributed by atoms with Crippen LogP contribution in [0.25, 0.3) is 0 Å². The van der Waals surface area contributed by atoms with E-state index in [0.717, 1.165) is 43.9 Å². The minimum absolute atomic E-state index is 0.267. The number of benzene rings is 1. The Morgan fingerprint density at radius 2 is 1.75 bits per heavy atom. The van der Waals surface area contributed by atoms with E-state index in [2.05, 4.69) is 0 Å². The summed E-state index contributed by atoms with van der Waals surface area (Å²) in [6.45, 7) is 2.43. The topological polar surface area (TPSA) is 38.8 Å². The Bertz CT molecular complexity index is 410. The maximum atomic E-state index is 11.9. The largest absolute Gasteiger partial charge is 0.497 e. The van der Waals surface area contributed by atoms with Crippen molar-refractivity contribution in [2.45, 2.75) is 32.1 Å². The van der Waals surface area contributed by atoms with Gasteiger partial charge in [-0.15, -0.1) is 0 Å². The first-order valence-corrected chi connectivity index (χ1v) is 7.34. The molecule has 0 radical (unpaired) electrons. The van der Waals surface area contributed by atoms with Gasteiger partial charge in [-0.2, -0.15) is 0 Å². The van der Waals surface area contributed by atoms with Crippen LogP contribution in [0, 0.1) is 0 Å². The van der Waals surface area contributed by atoms with Crippen molar-refractivity contribution in [3.8, 4) is 11.5 Å². The fraction of sp³-hybridized carbons (Fsp3) is 0.562. The van der Waals surface area contributed by atoms with Crippen molar-refractivity contribution >= 4 is 5.91 Å². The van der Waals surface area contributed by atoms with Crippen LogP contribution in [0.3, 0.4) is 0 Å². The van der Waals surface area contributed by atoms with Gasteiger partial charge in [0.25, 0.3) is 0 Å². The summed E-state index contributed by atoms with van der Waals surface area (Å²) in [7, 11) is 1.64. The Morgan fingerprint density at radius 1 is 1.10 bits per heavy atom. The fourth-order valence-electron chi connectivity index (χ4n) is 2.39. The van der Waals surface area contributed by atoms with Crippen LogP contribution >= 0.6 is 0 Å². The predicted molar refractivity (Wildman–Crippen MR) is 78.2 cm³/mol. The molecule has 1 aliphatic rings. The normalized spacial score (nSPS) is 14.9. The Labute approximate surface area is 120 Å². The summed E-state index contributed by atoms with van der Waals surface area (Å²) in [4.78, 5) is 13.9. The van der Waals surface area contributed by atoms with E-state index in [1.165, 1.54) is 6.42 Å². The first-order chi connectivity index (χ1) is 9.79. The number of hydrogen-bond donors (Lipinski definition) is 0. The summed E-state index contributed by atoms with van der Waals surface area (Å²) in [5.74, 6) is 1.90. The molecular weight excluding hydrogens is 254 g/mol. The average Bonchev–Trinajstić information content (AvgIpc) is 2.53. The van der Waals surface area contributed by atoms with Crippen LogP contribution < -0.4 is 9.47 Å². The van der Waals surface area contributed by atoms with Crippen molar-refractivity contribution in [3.63, 3.8) is 0 Å². The summed E-state index contributed by atoms with van der Waals surface area (Å²) in [5, 5.41) is 0. The van der Waals surface area contributed by atoms with Crippen LogP contribution in [-0.4, -0.2) is 37.6 Å². The molecule has 1 aliphatic heterocycles. The molecule has 1 amide bonds.